The molecule has 0 radical (unpaired) electrons. The van der Waals surface area contributed by atoms with Crippen LogP contribution < -0.4 is 5.73 Å². The molecule has 3 heterocycles. The van der Waals surface area contributed by atoms with E-state index in [1.54, 1.807) is 21.8 Å². The summed E-state index contributed by atoms with van der Waals surface area (Å²) < 4.78 is 18.1. The van der Waals surface area contributed by atoms with Crippen molar-refractivity contribution in [1.82, 2.24) is 24.2 Å². The zero-order valence-corrected chi connectivity index (χ0v) is 18.3. The summed E-state index contributed by atoms with van der Waals surface area (Å²) in [4.78, 5) is 19.7. The Morgan fingerprint density at radius 1 is 1.27 bits per heavy atom. The molecule has 166 valence electrons. The van der Waals surface area contributed by atoms with Gasteiger partial charge in [0.25, 0.3) is 5.91 Å². The number of likely N-dealkylation sites (tertiary alicyclic amines) is 1. The van der Waals surface area contributed by atoms with E-state index >= 15 is 0 Å². The first-order valence-corrected chi connectivity index (χ1v) is 10.6. The summed E-state index contributed by atoms with van der Waals surface area (Å²) >= 11 is 0. The Morgan fingerprint density at radius 3 is 2.79 bits per heavy atom. The predicted molar refractivity (Wildman–Crippen MR) is 121 cm³/mol. The first kappa shape index (κ1) is 20.8. The topological polar surface area (TPSA) is 106 Å². The molecule has 5 rings (SSSR count). The number of imidazole rings is 1. The summed E-state index contributed by atoms with van der Waals surface area (Å²) in [6.45, 7) is 2.88. The van der Waals surface area contributed by atoms with Crippen LogP contribution in [0, 0.1) is 24.1 Å². The number of aryl methyl sites for hydroxylation is 1. The minimum atomic E-state index is -0.636. The number of fused-ring (bicyclic) bond motifs is 1. The smallest absolute Gasteiger partial charge is 0.274 e. The van der Waals surface area contributed by atoms with Gasteiger partial charge >= 0.3 is 0 Å². The second-order valence-corrected chi connectivity index (χ2v) is 8.32. The highest BCUT2D eigenvalue weighted by Gasteiger charge is 2.30. The van der Waals surface area contributed by atoms with Crippen molar-refractivity contribution in [2.24, 2.45) is 12.8 Å². The van der Waals surface area contributed by atoms with Gasteiger partial charge in [0.15, 0.2) is 0 Å². The summed E-state index contributed by atoms with van der Waals surface area (Å²) in [5.41, 5.74) is 9.10. The minimum Gasteiger partial charge on any atom is -0.336 e. The van der Waals surface area contributed by atoms with Gasteiger partial charge in [0, 0.05) is 42.8 Å². The molecule has 1 amide bonds. The highest BCUT2D eigenvalue weighted by Crippen LogP contribution is 2.30. The number of halogens is 1. The molecule has 1 aliphatic heterocycles. The van der Waals surface area contributed by atoms with Crippen molar-refractivity contribution in [2.45, 2.75) is 19.4 Å². The molecule has 1 saturated heterocycles. The molecule has 9 heteroatoms. The lowest BCUT2D eigenvalue weighted by molar-refractivity contribution is 0.0785. The molecular weight excluding hydrogens is 421 g/mol. The van der Waals surface area contributed by atoms with Gasteiger partial charge in [0.1, 0.15) is 23.4 Å². The number of amides is 1. The molecule has 1 fully saturated rings. The van der Waals surface area contributed by atoms with Crippen molar-refractivity contribution < 1.29 is 9.18 Å². The summed E-state index contributed by atoms with van der Waals surface area (Å²) in [5, 5.41) is 14.3. The van der Waals surface area contributed by atoms with Gasteiger partial charge in [-0.2, -0.15) is 10.4 Å². The first-order valence-electron chi connectivity index (χ1n) is 10.6. The molecular formula is C24H22FN7O. The Bertz CT molecular complexity index is 1450. The highest BCUT2D eigenvalue weighted by atomic mass is 19.1. The predicted octanol–water partition coefficient (Wildman–Crippen LogP) is 2.92. The van der Waals surface area contributed by atoms with Gasteiger partial charge in [-0.15, -0.1) is 0 Å². The molecule has 0 saturated carbocycles. The third kappa shape index (κ3) is 3.45. The molecule has 0 spiro atoms. The number of carbonyl (C=O) groups excluding carboxylic acids is 1. The normalized spacial score (nSPS) is 15.8. The van der Waals surface area contributed by atoms with E-state index in [4.69, 9.17) is 11.0 Å². The third-order valence-corrected chi connectivity index (χ3v) is 6.16. The van der Waals surface area contributed by atoms with Crippen LogP contribution in [0.4, 0.5) is 4.39 Å². The Labute approximate surface area is 189 Å². The molecule has 4 aromatic rings. The number of nitriles is 1. The van der Waals surface area contributed by atoms with Gasteiger partial charge in [-0.25, -0.2) is 9.37 Å². The van der Waals surface area contributed by atoms with Crippen molar-refractivity contribution in [3.8, 4) is 23.1 Å². The van der Waals surface area contributed by atoms with Crippen molar-refractivity contribution in [1.29, 1.82) is 5.26 Å². The van der Waals surface area contributed by atoms with E-state index in [-0.39, 0.29) is 17.5 Å². The van der Waals surface area contributed by atoms with E-state index in [2.05, 4.69) is 10.1 Å². The zero-order chi connectivity index (χ0) is 23.3. The van der Waals surface area contributed by atoms with Crippen LogP contribution in [0.25, 0.3) is 28.0 Å². The van der Waals surface area contributed by atoms with E-state index in [1.807, 2.05) is 42.8 Å². The van der Waals surface area contributed by atoms with Crippen LogP contribution in [0.2, 0.25) is 0 Å². The third-order valence-electron chi connectivity index (χ3n) is 6.16. The SMILES string of the molecule is Cc1c(C(=O)N2CC[C@H](N)C2)nc(-c2ccc(C#N)c(F)c2)n1-c1ccc2c(cnn2C)c1. The second-order valence-electron chi connectivity index (χ2n) is 8.32. The molecule has 2 N–H and O–H groups in total. The number of benzene rings is 2. The summed E-state index contributed by atoms with van der Waals surface area (Å²) in [5.74, 6) is -0.411. The average molecular weight is 443 g/mol. The number of nitrogens with two attached hydrogens (primary N) is 1. The van der Waals surface area contributed by atoms with Gasteiger partial charge in [-0.3, -0.25) is 14.0 Å². The maximum absolute atomic E-state index is 14.5. The van der Waals surface area contributed by atoms with Gasteiger partial charge in [0.05, 0.1) is 23.0 Å². The fourth-order valence-electron chi connectivity index (χ4n) is 4.37. The van der Waals surface area contributed by atoms with Crippen LogP contribution in [0.15, 0.2) is 42.6 Å². The average Bonchev–Trinajstić information content (AvgIpc) is 3.50. The van der Waals surface area contributed by atoms with Gasteiger partial charge in [0.2, 0.25) is 0 Å². The first-order chi connectivity index (χ1) is 15.9. The van der Waals surface area contributed by atoms with Crippen LogP contribution in [-0.4, -0.2) is 49.3 Å². The van der Waals surface area contributed by atoms with E-state index in [1.165, 1.54) is 12.1 Å². The Hall–Kier alpha value is -4.03. The highest BCUT2D eigenvalue weighted by molar-refractivity contribution is 5.95. The number of nitrogens with zero attached hydrogens (tertiary/aromatic N) is 6. The maximum atomic E-state index is 14.5. The van der Waals surface area contributed by atoms with E-state index in [0.29, 0.717) is 35.9 Å². The number of rotatable bonds is 3. The number of carbonyl (C=O) groups is 1. The van der Waals surface area contributed by atoms with Crippen LogP contribution in [0.3, 0.4) is 0 Å². The van der Waals surface area contributed by atoms with Crippen LogP contribution in [0.5, 0.6) is 0 Å². The molecule has 0 unspecified atom stereocenters. The lowest BCUT2D eigenvalue weighted by Crippen LogP contribution is -2.32. The second kappa shape index (κ2) is 7.83. The Kier molecular flexibility index (Phi) is 4.95. The van der Waals surface area contributed by atoms with E-state index in [0.717, 1.165) is 23.0 Å². The Balaban J connectivity index is 1.70. The molecule has 2 aromatic heterocycles. The standard InChI is InChI=1S/C24H22FN7O/c1-14-22(24(33)31-8-7-18(27)13-31)29-23(15-3-4-16(11-26)20(25)10-15)32(14)19-5-6-21-17(9-19)12-28-30(21)2/h3-6,9-10,12,18H,7-8,13,27H2,1-2H3/t18-/m0/s1. The van der Waals surface area contributed by atoms with E-state index in [9.17, 15) is 9.18 Å². The number of hydrogen-bond donors (Lipinski definition) is 1. The lowest BCUT2D eigenvalue weighted by atomic mass is 10.1. The molecule has 1 atom stereocenters. The summed E-state index contributed by atoms with van der Waals surface area (Å²) in [7, 11) is 1.87. The molecule has 2 aromatic carbocycles. The van der Waals surface area contributed by atoms with Gasteiger partial charge in [-0.1, -0.05) is 0 Å². The summed E-state index contributed by atoms with van der Waals surface area (Å²) in [6, 6.07) is 12.0. The van der Waals surface area contributed by atoms with Gasteiger partial charge < -0.3 is 10.6 Å². The molecule has 0 aliphatic carbocycles. The van der Waals surface area contributed by atoms with Crippen molar-refractivity contribution in [2.75, 3.05) is 13.1 Å². The van der Waals surface area contributed by atoms with Crippen LogP contribution >= 0.6 is 0 Å². The van der Waals surface area contributed by atoms with Crippen molar-refractivity contribution >= 4 is 16.8 Å². The molecule has 33 heavy (non-hydrogen) atoms. The van der Waals surface area contributed by atoms with Crippen LogP contribution in [0.1, 0.15) is 28.2 Å². The zero-order valence-electron chi connectivity index (χ0n) is 18.3. The lowest BCUT2D eigenvalue weighted by Gasteiger charge is -2.15. The maximum Gasteiger partial charge on any atom is 0.274 e. The molecule has 0 bridgehead atoms. The quantitative estimate of drug-likeness (QED) is 0.524. The van der Waals surface area contributed by atoms with Crippen LogP contribution in [-0.2, 0) is 7.05 Å². The number of aromatic nitrogens is 4. The summed E-state index contributed by atoms with van der Waals surface area (Å²) in [6.07, 6.45) is 2.51. The Morgan fingerprint density at radius 2 is 2.09 bits per heavy atom. The van der Waals surface area contributed by atoms with Gasteiger partial charge in [-0.05, 0) is 49.7 Å². The fourth-order valence-corrected chi connectivity index (χ4v) is 4.37. The van der Waals surface area contributed by atoms with Crippen molar-refractivity contribution in [3.05, 3.63) is 65.4 Å². The van der Waals surface area contributed by atoms with E-state index < -0.39 is 5.82 Å². The largest absolute Gasteiger partial charge is 0.336 e. The number of hydrogen-bond acceptors (Lipinski definition) is 5. The fraction of sp³-hybridized carbons (Fsp3) is 0.250. The minimum absolute atomic E-state index is 0.0450. The van der Waals surface area contributed by atoms with Crippen molar-refractivity contribution in [3.63, 3.8) is 0 Å². The molecule has 8 nitrogen and oxygen atoms in total. The molecule has 1 aliphatic rings. The monoisotopic (exact) mass is 443 g/mol.